The summed E-state index contributed by atoms with van der Waals surface area (Å²) < 4.78 is 0. The van der Waals surface area contributed by atoms with E-state index in [1.807, 2.05) is 0 Å². The predicted octanol–water partition coefficient (Wildman–Crippen LogP) is -1.05. The number of hydrogen-bond acceptors (Lipinski definition) is 4. The Morgan fingerprint density at radius 2 is 2.07 bits per heavy atom. The average Bonchev–Trinajstić information content (AvgIpc) is 2.98. The Morgan fingerprint density at radius 1 is 1.47 bits per heavy atom. The molecule has 1 fully saturated rings. The quantitative estimate of drug-likeness (QED) is 0.481. The fourth-order valence-corrected chi connectivity index (χ4v) is 1.31. The molecule has 3 amide bonds. The third kappa shape index (κ3) is 3.17. The van der Waals surface area contributed by atoms with Gasteiger partial charge in [0.2, 0.25) is 5.91 Å². The highest BCUT2D eigenvalue weighted by Crippen LogP contribution is 2.34. The maximum atomic E-state index is 11.4. The number of aliphatic hydroxyl groups is 1. The van der Waals surface area contributed by atoms with Crippen LogP contribution in [0.3, 0.4) is 0 Å². The molecule has 15 heavy (non-hydrogen) atoms. The van der Waals surface area contributed by atoms with Gasteiger partial charge in [-0.1, -0.05) is 0 Å². The summed E-state index contributed by atoms with van der Waals surface area (Å²) in [5.41, 5.74) is -0.306. The van der Waals surface area contributed by atoms with Gasteiger partial charge in [0.25, 0.3) is 0 Å². The summed E-state index contributed by atoms with van der Waals surface area (Å²) in [7, 11) is 1.44. The maximum absolute atomic E-state index is 11.4. The molecule has 1 unspecified atom stereocenters. The predicted molar refractivity (Wildman–Crippen MR) is 54.2 cm³/mol. The van der Waals surface area contributed by atoms with Crippen molar-refractivity contribution in [3.05, 3.63) is 0 Å². The second kappa shape index (κ2) is 4.59. The first-order chi connectivity index (χ1) is 7.03. The average molecular weight is 215 g/mol. The van der Waals surface area contributed by atoms with Crippen molar-refractivity contribution in [2.75, 3.05) is 13.7 Å². The van der Waals surface area contributed by atoms with Crippen LogP contribution in [0.1, 0.15) is 19.8 Å². The monoisotopic (exact) mass is 215 g/mol. The van der Waals surface area contributed by atoms with Crippen LogP contribution >= 0.6 is 0 Å². The molecule has 6 nitrogen and oxygen atoms in total. The molecule has 1 aliphatic rings. The van der Waals surface area contributed by atoms with E-state index in [-0.39, 0.29) is 12.1 Å². The number of rotatable bonds is 4. The third-order valence-electron chi connectivity index (χ3n) is 2.54. The summed E-state index contributed by atoms with van der Waals surface area (Å²) in [4.78, 5) is 22.3. The smallest absolute Gasteiger partial charge is 0.321 e. The van der Waals surface area contributed by atoms with Crippen molar-refractivity contribution >= 4 is 11.9 Å². The van der Waals surface area contributed by atoms with Crippen LogP contribution in [0.25, 0.3) is 0 Å². The van der Waals surface area contributed by atoms with Gasteiger partial charge >= 0.3 is 6.03 Å². The molecule has 1 saturated carbocycles. The standard InChI is InChI=1S/C9H17N3O3/c1-6(7(14)11-8(15)10-2)12-9(5-13)3-4-9/h6,12-13H,3-5H2,1-2H3,(H2,10,11,14,15). The number of imide groups is 1. The molecule has 0 bridgehead atoms. The number of carbonyl (C=O) groups is 2. The Morgan fingerprint density at radius 3 is 2.47 bits per heavy atom. The molecular weight excluding hydrogens is 198 g/mol. The van der Waals surface area contributed by atoms with Crippen LogP contribution in [0.5, 0.6) is 0 Å². The van der Waals surface area contributed by atoms with Crippen molar-refractivity contribution in [3.8, 4) is 0 Å². The lowest BCUT2D eigenvalue weighted by Gasteiger charge is -2.19. The van der Waals surface area contributed by atoms with E-state index in [0.717, 1.165) is 12.8 Å². The van der Waals surface area contributed by atoms with E-state index >= 15 is 0 Å². The number of hydrogen-bond donors (Lipinski definition) is 4. The van der Waals surface area contributed by atoms with E-state index in [2.05, 4.69) is 16.0 Å². The van der Waals surface area contributed by atoms with E-state index in [9.17, 15) is 9.59 Å². The topological polar surface area (TPSA) is 90.5 Å². The van der Waals surface area contributed by atoms with Gasteiger partial charge in [0, 0.05) is 12.6 Å². The van der Waals surface area contributed by atoms with Gasteiger partial charge < -0.3 is 10.4 Å². The lowest BCUT2D eigenvalue weighted by atomic mass is 10.2. The van der Waals surface area contributed by atoms with Crippen LogP contribution in [-0.4, -0.2) is 42.3 Å². The number of urea groups is 1. The molecule has 1 aliphatic carbocycles. The van der Waals surface area contributed by atoms with Gasteiger partial charge in [-0.3, -0.25) is 15.4 Å². The number of carbonyl (C=O) groups excluding carboxylic acids is 2. The summed E-state index contributed by atoms with van der Waals surface area (Å²) in [6.45, 7) is 1.68. The molecule has 0 radical (unpaired) electrons. The first kappa shape index (κ1) is 11.9. The van der Waals surface area contributed by atoms with Crippen molar-refractivity contribution in [2.45, 2.75) is 31.3 Å². The molecular formula is C9H17N3O3. The molecule has 86 valence electrons. The molecule has 0 aromatic heterocycles. The minimum absolute atomic E-state index is 0.0184. The van der Waals surface area contributed by atoms with E-state index in [1.165, 1.54) is 7.05 Å². The van der Waals surface area contributed by atoms with Gasteiger partial charge in [-0.15, -0.1) is 0 Å². The fourth-order valence-electron chi connectivity index (χ4n) is 1.31. The van der Waals surface area contributed by atoms with E-state index in [4.69, 9.17) is 5.11 Å². The minimum Gasteiger partial charge on any atom is -0.394 e. The lowest BCUT2D eigenvalue weighted by Crippen LogP contribution is -2.51. The summed E-state index contributed by atoms with van der Waals surface area (Å²) in [5.74, 6) is -0.394. The van der Waals surface area contributed by atoms with Crippen molar-refractivity contribution in [1.29, 1.82) is 0 Å². The normalized spacial score (nSPS) is 19.1. The zero-order chi connectivity index (χ0) is 11.5. The Labute approximate surface area is 88.4 Å². The molecule has 0 saturated heterocycles. The first-order valence-corrected chi connectivity index (χ1v) is 4.94. The van der Waals surface area contributed by atoms with Crippen LogP contribution < -0.4 is 16.0 Å². The SMILES string of the molecule is CNC(=O)NC(=O)C(C)NC1(CO)CC1. The molecule has 1 atom stereocenters. The van der Waals surface area contributed by atoms with Gasteiger partial charge in [-0.2, -0.15) is 0 Å². The van der Waals surface area contributed by atoms with Gasteiger partial charge in [0.15, 0.2) is 0 Å². The molecule has 6 heteroatoms. The third-order valence-corrected chi connectivity index (χ3v) is 2.54. The van der Waals surface area contributed by atoms with Gasteiger partial charge in [-0.25, -0.2) is 4.79 Å². The molecule has 0 aliphatic heterocycles. The van der Waals surface area contributed by atoms with Crippen LogP contribution in [-0.2, 0) is 4.79 Å². The van der Waals surface area contributed by atoms with Gasteiger partial charge in [0.1, 0.15) is 0 Å². The van der Waals surface area contributed by atoms with Crippen LogP contribution in [0, 0.1) is 0 Å². The minimum atomic E-state index is -0.525. The highest BCUT2D eigenvalue weighted by atomic mass is 16.3. The second-order valence-corrected chi connectivity index (χ2v) is 3.87. The summed E-state index contributed by atoms with van der Waals surface area (Å²) in [6, 6.07) is -1.01. The highest BCUT2D eigenvalue weighted by Gasteiger charge is 2.43. The number of nitrogens with one attached hydrogen (secondary N) is 3. The Hall–Kier alpha value is -1.14. The van der Waals surface area contributed by atoms with E-state index in [0.29, 0.717) is 0 Å². The second-order valence-electron chi connectivity index (χ2n) is 3.87. The molecule has 0 heterocycles. The summed E-state index contributed by atoms with van der Waals surface area (Å²) >= 11 is 0. The summed E-state index contributed by atoms with van der Waals surface area (Å²) in [6.07, 6.45) is 1.72. The number of amides is 3. The van der Waals surface area contributed by atoms with Crippen molar-refractivity contribution in [3.63, 3.8) is 0 Å². The molecule has 0 spiro atoms. The van der Waals surface area contributed by atoms with Crippen LogP contribution in [0.4, 0.5) is 4.79 Å². The zero-order valence-corrected chi connectivity index (χ0v) is 8.96. The summed E-state index contributed by atoms with van der Waals surface area (Å²) in [5, 5.41) is 16.5. The van der Waals surface area contributed by atoms with Crippen LogP contribution in [0.15, 0.2) is 0 Å². The van der Waals surface area contributed by atoms with Crippen LogP contribution in [0.2, 0.25) is 0 Å². The van der Waals surface area contributed by atoms with E-state index < -0.39 is 18.0 Å². The van der Waals surface area contributed by atoms with Crippen molar-refractivity contribution < 1.29 is 14.7 Å². The molecule has 4 N–H and O–H groups in total. The zero-order valence-electron chi connectivity index (χ0n) is 8.96. The largest absolute Gasteiger partial charge is 0.394 e. The highest BCUT2D eigenvalue weighted by molar-refractivity contribution is 5.96. The van der Waals surface area contributed by atoms with E-state index in [1.54, 1.807) is 6.92 Å². The number of aliphatic hydroxyl groups excluding tert-OH is 1. The van der Waals surface area contributed by atoms with Crippen molar-refractivity contribution in [1.82, 2.24) is 16.0 Å². The Balaban J connectivity index is 2.36. The van der Waals surface area contributed by atoms with Gasteiger partial charge in [0.05, 0.1) is 12.6 Å². The molecule has 1 rings (SSSR count). The first-order valence-electron chi connectivity index (χ1n) is 4.94. The lowest BCUT2D eigenvalue weighted by molar-refractivity contribution is -0.122. The molecule has 0 aromatic rings. The maximum Gasteiger partial charge on any atom is 0.321 e. The Kier molecular flexibility index (Phi) is 3.65. The Bertz CT molecular complexity index is 263. The fraction of sp³-hybridized carbons (Fsp3) is 0.778. The van der Waals surface area contributed by atoms with Gasteiger partial charge in [-0.05, 0) is 19.8 Å². The van der Waals surface area contributed by atoms with Crippen molar-refractivity contribution in [2.24, 2.45) is 0 Å². The molecule has 0 aromatic carbocycles.